The van der Waals surface area contributed by atoms with Gasteiger partial charge in [-0.25, -0.2) is 0 Å². The van der Waals surface area contributed by atoms with E-state index < -0.39 is 16.4 Å². The van der Waals surface area contributed by atoms with E-state index >= 15 is 0 Å². The lowest BCUT2D eigenvalue weighted by Gasteiger charge is -2.51. The standard InChI is InChI=1S/C15H34O5Si2/c1-7-15(8-2)13-14-21(16-9-3,17-10-4)22(20-15,18-11-5)19-12-6/h7-14H2,1-6H3. The molecule has 1 aliphatic rings. The van der Waals surface area contributed by atoms with Crippen LogP contribution < -0.4 is 0 Å². The Morgan fingerprint density at radius 2 is 1.23 bits per heavy atom. The maximum absolute atomic E-state index is 6.67. The van der Waals surface area contributed by atoms with E-state index in [-0.39, 0.29) is 5.60 Å². The minimum atomic E-state index is -2.99. The predicted octanol–water partition coefficient (Wildman–Crippen LogP) is 3.57. The summed E-state index contributed by atoms with van der Waals surface area (Å²) in [5.41, 5.74) is -0.165. The van der Waals surface area contributed by atoms with E-state index in [1.165, 1.54) is 0 Å². The summed E-state index contributed by atoms with van der Waals surface area (Å²) in [5.74, 6) is 0. The van der Waals surface area contributed by atoms with Crippen molar-refractivity contribution in [2.45, 2.75) is 72.5 Å². The predicted molar refractivity (Wildman–Crippen MR) is 91.8 cm³/mol. The molecule has 0 amide bonds. The summed E-state index contributed by atoms with van der Waals surface area (Å²) in [6, 6.07) is 0.891. The summed E-state index contributed by atoms with van der Waals surface area (Å²) >= 11 is 0. The average Bonchev–Trinajstić information content (AvgIpc) is 2.51. The van der Waals surface area contributed by atoms with E-state index in [4.69, 9.17) is 22.1 Å². The lowest BCUT2D eigenvalue weighted by atomic mass is 9.94. The van der Waals surface area contributed by atoms with Crippen molar-refractivity contribution >= 4 is 16.4 Å². The second-order valence-electron chi connectivity index (χ2n) is 5.53. The van der Waals surface area contributed by atoms with E-state index in [9.17, 15) is 0 Å². The summed E-state index contributed by atoms with van der Waals surface area (Å²) in [6.45, 7) is 14.7. The monoisotopic (exact) mass is 350 g/mol. The van der Waals surface area contributed by atoms with Gasteiger partial charge in [0, 0.05) is 26.4 Å². The van der Waals surface area contributed by atoms with E-state index in [0.717, 1.165) is 25.3 Å². The Labute approximate surface area is 138 Å². The Morgan fingerprint density at radius 1 is 0.773 bits per heavy atom. The molecule has 0 radical (unpaired) electrons. The zero-order valence-corrected chi connectivity index (χ0v) is 17.2. The summed E-state index contributed by atoms with van der Waals surface area (Å²) in [5, 5.41) is 0. The molecule has 1 saturated heterocycles. The molecule has 0 aromatic heterocycles. The van der Waals surface area contributed by atoms with Gasteiger partial charge >= 0.3 is 16.4 Å². The van der Waals surface area contributed by atoms with Crippen molar-refractivity contribution in [1.82, 2.24) is 0 Å². The van der Waals surface area contributed by atoms with Gasteiger partial charge in [0.1, 0.15) is 0 Å². The van der Waals surface area contributed by atoms with Crippen LogP contribution in [0.3, 0.4) is 0 Å². The molecule has 7 heteroatoms. The van der Waals surface area contributed by atoms with Gasteiger partial charge < -0.3 is 22.1 Å². The number of hydrogen-bond donors (Lipinski definition) is 0. The molecule has 0 N–H and O–H groups in total. The number of hydrogen-bond acceptors (Lipinski definition) is 5. The highest BCUT2D eigenvalue weighted by atomic mass is 29.3. The fourth-order valence-corrected chi connectivity index (χ4v) is 15.0. The number of rotatable bonds is 10. The summed E-state index contributed by atoms with van der Waals surface area (Å²) in [4.78, 5) is 0. The van der Waals surface area contributed by atoms with Gasteiger partial charge in [-0.2, -0.15) is 0 Å². The molecule has 0 spiro atoms. The molecule has 1 aliphatic heterocycles. The van der Waals surface area contributed by atoms with Crippen molar-refractivity contribution in [3.8, 4) is 0 Å². The molecule has 0 aromatic carbocycles. The van der Waals surface area contributed by atoms with Crippen molar-refractivity contribution < 1.29 is 22.1 Å². The Kier molecular flexibility index (Phi) is 8.21. The SMILES string of the molecule is CCO[Si]1(OCC)CCC(CC)(CC)O[Si]1(OCC)OCC. The minimum Gasteiger partial charge on any atom is -0.392 e. The molecule has 22 heavy (non-hydrogen) atoms. The van der Waals surface area contributed by atoms with Crippen molar-refractivity contribution in [2.75, 3.05) is 26.4 Å². The Hall–Kier alpha value is 0.234. The van der Waals surface area contributed by atoms with Crippen molar-refractivity contribution in [3.63, 3.8) is 0 Å². The second-order valence-corrected chi connectivity index (χ2v) is 14.1. The largest absolute Gasteiger partial charge is 0.539 e. The molecule has 1 rings (SSSR count). The molecule has 0 aromatic rings. The van der Waals surface area contributed by atoms with E-state index in [1.807, 2.05) is 27.7 Å². The molecule has 0 unspecified atom stereocenters. The molecular weight excluding hydrogens is 316 g/mol. The first-order valence-corrected chi connectivity index (χ1v) is 13.5. The zero-order valence-electron chi connectivity index (χ0n) is 15.2. The highest BCUT2D eigenvalue weighted by Gasteiger charge is 2.72. The average molecular weight is 351 g/mol. The van der Waals surface area contributed by atoms with E-state index in [1.54, 1.807) is 0 Å². The Balaban J connectivity index is 3.28. The summed E-state index contributed by atoms with van der Waals surface area (Å²) in [7, 11) is -5.64. The van der Waals surface area contributed by atoms with Crippen LogP contribution in [-0.2, 0) is 22.1 Å². The fraction of sp³-hybridized carbons (Fsp3) is 1.00. The van der Waals surface area contributed by atoms with Crippen molar-refractivity contribution in [2.24, 2.45) is 0 Å². The van der Waals surface area contributed by atoms with Crippen LogP contribution in [0.2, 0.25) is 6.04 Å². The van der Waals surface area contributed by atoms with E-state index in [0.29, 0.717) is 26.4 Å². The van der Waals surface area contributed by atoms with Crippen LogP contribution in [-0.4, -0.2) is 48.4 Å². The quantitative estimate of drug-likeness (QED) is 0.564. The third-order valence-corrected chi connectivity index (χ3v) is 15.4. The van der Waals surface area contributed by atoms with Crippen molar-refractivity contribution in [1.29, 1.82) is 0 Å². The third-order valence-electron chi connectivity index (χ3n) is 4.44. The second kappa shape index (κ2) is 8.91. The first kappa shape index (κ1) is 20.3. The molecule has 0 saturated carbocycles. The Morgan fingerprint density at radius 3 is 1.59 bits per heavy atom. The van der Waals surface area contributed by atoms with Gasteiger partial charge in [0.05, 0.1) is 5.60 Å². The maximum Gasteiger partial charge on any atom is 0.539 e. The molecule has 5 nitrogen and oxygen atoms in total. The molecule has 1 heterocycles. The van der Waals surface area contributed by atoms with Crippen LogP contribution in [0.15, 0.2) is 0 Å². The molecule has 0 atom stereocenters. The van der Waals surface area contributed by atoms with Crippen LogP contribution in [0.25, 0.3) is 0 Å². The van der Waals surface area contributed by atoms with Gasteiger partial charge in [-0.1, -0.05) is 13.8 Å². The summed E-state index contributed by atoms with van der Waals surface area (Å²) < 4.78 is 31.5. The van der Waals surface area contributed by atoms with Gasteiger partial charge in [0.2, 0.25) is 0 Å². The first-order chi connectivity index (χ1) is 10.5. The maximum atomic E-state index is 6.67. The normalized spacial score (nSPS) is 22.6. The van der Waals surface area contributed by atoms with Gasteiger partial charge in [0.25, 0.3) is 0 Å². The van der Waals surface area contributed by atoms with Gasteiger partial charge in [0.15, 0.2) is 0 Å². The lowest BCUT2D eigenvalue weighted by Crippen LogP contribution is -2.77. The zero-order chi connectivity index (χ0) is 16.7. The molecule has 0 aliphatic carbocycles. The molecular formula is C15H34O5Si2. The fourth-order valence-electron chi connectivity index (χ4n) is 3.24. The van der Waals surface area contributed by atoms with E-state index in [2.05, 4.69) is 13.8 Å². The summed E-state index contributed by atoms with van der Waals surface area (Å²) in [6.07, 6.45) is 2.88. The third kappa shape index (κ3) is 3.83. The lowest BCUT2D eigenvalue weighted by molar-refractivity contribution is -0.0486. The van der Waals surface area contributed by atoms with Crippen LogP contribution in [0.4, 0.5) is 0 Å². The van der Waals surface area contributed by atoms with Crippen LogP contribution in [0.1, 0.15) is 60.8 Å². The Bertz CT molecular complexity index is 311. The smallest absolute Gasteiger partial charge is 0.392 e. The van der Waals surface area contributed by atoms with Gasteiger partial charge in [-0.05, 0) is 53.0 Å². The topological polar surface area (TPSA) is 46.2 Å². The van der Waals surface area contributed by atoms with Gasteiger partial charge in [-0.3, -0.25) is 0 Å². The van der Waals surface area contributed by atoms with Crippen molar-refractivity contribution in [3.05, 3.63) is 0 Å². The molecule has 132 valence electrons. The first-order valence-electron chi connectivity index (χ1n) is 8.79. The van der Waals surface area contributed by atoms with Crippen LogP contribution in [0.5, 0.6) is 0 Å². The van der Waals surface area contributed by atoms with Gasteiger partial charge in [-0.15, -0.1) is 0 Å². The van der Waals surface area contributed by atoms with Crippen LogP contribution in [0, 0.1) is 0 Å². The minimum absolute atomic E-state index is 0.165. The molecule has 1 fully saturated rings. The highest BCUT2D eigenvalue weighted by molar-refractivity contribution is 7.29. The highest BCUT2D eigenvalue weighted by Crippen LogP contribution is 2.44. The van der Waals surface area contributed by atoms with Crippen LogP contribution >= 0.6 is 0 Å². The molecule has 0 bridgehead atoms.